The molecule has 3 rings (SSSR count). The van der Waals surface area contributed by atoms with Gasteiger partial charge >= 0.3 is 6.09 Å². The minimum absolute atomic E-state index is 0.0653. The van der Waals surface area contributed by atoms with Gasteiger partial charge in [0, 0.05) is 20.0 Å². The minimum atomic E-state index is -0.964. The van der Waals surface area contributed by atoms with Crippen molar-refractivity contribution in [3.05, 3.63) is 71.8 Å². The van der Waals surface area contributed by atoms with Crippen molar-refractivity contribution in [2.45, 2.75) is 25.5 Å². The molecule has 1 saturated heterocycles. The molecule has 0 bridgehead atoms. The average Bonchev–Trinajstić information content (AvgIpc) is 3.25. The summed E-state index contributed by atoms with van der Waals surface area (Å²) in [5, 5.41) is 17.2. The molecule has 2 aromatic carbocycles. The molecule has 2 N–H and O–H groups in total. The molecule has 1 heterocycles. The van der Waals surface area contributed by atoms with Gasteiger partial charge in [0.25, 0.3) is 5.91 Å². The van der Waals surface area contributed by atoms with Gasteiger partial charge < -0.3 is 15.4 Å². The summed E-state index contributed by atoms with van der Waals surface area (Å²) in [5.41, 5.74) is 1.66. The molecule has 0 saturated carbocycles. The Morgan fingerprint density at radius 1 is 1.15 bits per heavy atom. The number of ether oxygens (including phenoxy) is 1. The number of carbonyl (C=O) groups is 3. The van der Waals surface area contributed by atoms with Crippen LogP contribution >= 0.6 is 0 Å². The van der Waals surface area contributed by atoms with Crippen LogP contribution in [-0.4, -0.2) is 54.1 Å². The third-order valence-electron chi connectivity index (χ3n) is 5.44. The summed E-state index contributed by atoms with van der Waals surface area (Å²) in [4.78, 5) is 37.6. The van der Waals surface area contributed by atoms with Gasteiger partial charge in [-0.15, -0.1) is 0 Å². The van der Waals surface area contributed by atoms with Crippen LogP contribution in [0.15, 0.2) is 60.7 Å². The predicted octanol–water partition coefficient (Wildman–Crippen LogP) is 1.82. The fourth-order valence-electron chi connectivity index (χ4n) is 3.56. The summed E-state index contributed by atoms with van der Waals surface area (Å²) >= 11 is 0. The summed E-state index contributed by atoms with van der Waals surface area (Å²) in [5.74, 6) is -1.01. The second-order valence-corrected chi connectivity index (χ2v) is 7.77. The van der Waals surface area contributed by atoms with Crippen molar-refractivity contribution in [1.29, 1.82) is 5.26 Å². The topological polar surface area (TPSA) is 115 Å². The maximum atomic E-state index is 13.3. The molecule has 33 heavy (non-hydrogen) atoms. The number of carbonyl (C=O) groups excluding carboxylic acids is 3. The van der Waals surface area contributed by atoms with E-state index < -0.39 is 18.0 Å². The fourth-order valence-corrected chi connectivity index (χ4v) is 3.56. The Kier molecular flexibility index (Phi) is 8.24. The fraction of sp³-hybridized carbons (Fsp3) is 0.333. The van der Waals surface area contributed by atoms with Gasteiger partial charge in [0.2, 0.25) is 5.91 Å². The largest absolute Gasteiger partial charge is 0.445 e. The molecule has 3 amide bonds. The molecule has 1 aliphatic heterocycles. The van der Waals surface area contributed by atoms with Crippen LogP contribution in [0.2, 0.25) is 0 Å². The number of hydrazine groups is 1. The number of nitrogens with zero attached hydrogens (tertiary/aromatic N) is 3. The van der Waals surface area contributed by atoms with Gasteiger partial charge in [0.15, 0.2) is 6.19 Å². The number of hydrogen-bond acceptors (Lipinski definition) is 6. The second-order valence-electron chi connectivity index (χ2n) is 7.77. The van der Waals surface area contributed by atoms with E-state index in [1.54, 1.807) is 0 Å². The zero-order valence-electron chi connectivity index (χ0n) is 18.4. The molecule has 0 radical (unpaired) electrons. The Hall–Kier alpha value is -4.06. The molecule has 172 valence electrons. The molecular weight excluding hydrogens is 422 g/mol. The summed E-state index contributed by atoms with van der Waals surface area (Å²) in [6.07, 6.45) is 2.04. The molecule has 1 aliphatic rings. The normalized spacial score (nSPS) is 15.6. The zero-order valence-corrected chi connectivity index (χ0v) is 18.4. The number of nitrogens with one attached hydrogen (secondary N) is 2. The smallest absolute Gasteiger partial charge is 0.408 e. The van der Waals surface area contributed by atoms with E-state index in [0.717, 1.165) is 21.1 Å². The molecule has 1 unspecified atom stereocenters. The van der Waals surface area contributed by atoms with Gasteiger partial charge in [-0.1, -0.05) is 60.7 Å². The van der Waals surface area contributed by atoms with E-state index in [2.05, 4.69) is 10.6 Å². The van der Waals surface area contributed by atoms with Crippen LogP contribution in [0.4, 0.5) is 4.79 Å². The van der Waals surface area contributed by atoms with E-state index in [-0.39, 0.29) is 31.4 Å². The van der Waals surface area contributed by atoms with Crippen LogP contribution in [0.5, 0.6) is 0 Å². The van der Waals surface area contributed by atoms with E-state index >= 15 is 0 Å². The summed E-state index contributed by atoms with van der Waals surface area (Å²) in [7, 11) is 1.45. The van der Waals surface area contributed by atoms with Crippen LogP contribution < -0.4 is 10.6 Å². The number of likely N-dealkylation sites (N-methyl/N-ethyl adjacent to an activating group) is 1. The van der Waals surface area contributed by atoms with Crippen molar-refractivity contribution in [2.24, 2.45) is 5.92 Å². The van der Waals surface area contributed by atoms with Crippen molar-refractivity contribution in [3.63, 3.8) is 0 Å². The molecule has 2 atom stereocenters. The lowest BCUT2D eigenvalue weighted by molar-refractivity contribution is -0.145. The quantitative estimate of drug-likeness (QED) is 0.343. The number of alkyl carbamates (subject to hydrolysis) is 1. The SMILES string of the molecule is CN(C(=O)[C@H](Cc1ccccc1)NC(=O)OCc1ccccc1)N(C#N)CC1CCNC1=O. The van der Waals surface area contributed by atoms with Crippen molar-refractivity contribution < 1.29 is 19.1 Å². The predicted molar refractivity (Wildman–Crippen MR) is 120 cm³/mol. The number of hydrogen-bond donors (Lipinski definition) is 2. The summed E-state index contributed by atoms with van der Waals surface area (Å²) in [6, 6.07) is 17.5. The monoisotopic (exact) mass is 449 g/mol. The second kappa shape index (κ2) is 11.5. The zero-order chi connectivity index (χ0) is 23.6. The molecule has 9 nitrogen and oxygen atoms in total. The first-order valence-corrected chi connectivity index (χ1v) is 10.7. The molecule has 0 aromatic heterocycles. The number of benzene rings is 2. The molecule has 0 spiro atoms. The van der Waals surface area contributed by atoms with Gasteiger partial charge in [0.05, 0.1) is 12.5 Å². The lowest BCUT2D eigenvalue weighted by atomic mass is 10.1. The molecular formula is C24H27N5O4. The highest BCUT2D eigenvalue weighted by molar-refractivity contribution is 5.86. The first-order valence-electron chi connectivity index (χ1n) is 10.7. The Labute approximate surface area is 192 Å². The first-order chi connectivity index (χ1) is 16.0. The van der Waals surface area contributed by atoms with Crippen LogP contribution in [-0.2, 0) is 27.4 Å². The number of rotatable bonds is 9. The van der Waals surface area contributed by atoms with Gasteiger partial charge in [-0.25, -0.2) is 14.8 Å². The van der Waals surface area contributed by atoms with Crippen LogP contribution in [0, 0.1) is 17.4 Å². The molecule has 1 fully saturated rings. The summed E-state index contributed by atoms with van der Waals surface area (Å²) in [6.45, 7) is 0.697. The van der Waals surface area contributed by atoms with Gasteiger partial charge in [0.1, 0.15) is 12.6 Å². The highest BCUT2D eigenvalue weighted by Crippen LogP contribution is 2.14. The van der Waals surface area contributed by atoms with Crippen LogP contribution in [0.3, 0.4) is 0 Å². The lowest BCUT2D eigenvalue weighted by Gasteiger charge is -2.31. The standard InChI is InChI=1S/C24H27N5O4/c1-28(29(17-25)15-20-12-13-26-22(20)30)23(31)21(14-18-8-4-2-5-9-18)27-24(32)33-16-19-10-6-3-7-11-19/h2-11,20-21H,12-16H2,1H3,(H,26,30)(H,27,32)/t20?,21-/m0/s1. The number of amides is 3. The van der Waals surface area contributed by atoms with Crippen molar-refractivity contribution >= 4 is 17.9 Å². The first kappa shape index (κ1) is 23.6. The van der Waals surface area contributed by atoms with Crippen molar-refractivity contribution in [2.75, 3.05) is 20.1 Å². The molecule has 2 aromatic rings. The van der Waals surface area contributed by atoms with Gasteiger partial charge in [-0.2, -0.15) is 5.26 Å². The highest BCUT2D eigenvalue weighted by Gasteiger charge is 2.32. The maximum absolute atomic E-state index is 13.3. The third kappa shape index (κ3) is 6.71. The molecule has 0 aliphatic carbocycles. The van der Waals surface area contributed by atoms with Crippen LogP contribution in [0.1, 0.15) is 17.5 Å². The average molecular weight is 450 g/mol. The Bertz CT molecular complexity index is 993. The van der Waals surface area contributed by atoms with Crippen LogP contribution in [0.25, 0.3) is 0 Å². The van der Waals surface area contributed by atoms with Gasteiger partial charge in [-0.05, 0) is 17.5 Å². The van der Waals surface area contributed by atoms with Crippen molar-refractivity contribution in [3.8, 4) is 6.19 Å². The van der Waals surface area contributed by atoms with E-state index in [0.29, 0.717) is 13.0 Å². The highest BCUT2D eigenvalue weighted by atomic mass is 16.5. The Morgan fingerprint density at radius 2 is 1.79 bits per heavy atom. The Morgan fingerprint density at radius 3 is 2.36 bits per heavy atom. The van der Waals surface area contributed by atoms with E-state index in [9.17, 15) is 19.6 Å². The number of nitriles is 1. The van der Waals surface area contributed by atoms with E-state index in [1.165, 1.54) is 7.05 Å². The third-order valence-corrected chi connectivity index (χ3v) is 5.44. The van der Waals surface area contributed by atoms with Crippen molar-refractivity contribution in [1.82, 2.24) is 20.7 Å². The van der Waals surface area contributed by atoms with E-state index in [1.807, 2.05) is 66.9 Å². The maximum Gasteiger partial charge on any atom is 0.408 e. The van der Waals surface area contributed by atoms with E-state index in [4.69, 9.17) is 4.74 Å². The molecule has 9 heteroatoms. The summed E-state index contributed by atoms with van der Waals surface area (Å²) < 4.78 is 5.28. The lowest BCUT2D eigenvalue weighted by Crippen LogP contribution is -2.53. The minimum Gasteiger partial charge on any atom is -0.445 e. The Balaban J connectivity index is 1.68. The van der Waals surface area contributed by atoms with Gasteiger partial charge in [-0.3, -0.25) is 9.59 Å².